The van der Waals surface area contributed by atoms with Crippen LogP contribution in [0.4, 0.5) is 0 Å². The Morgan fingerprint density at radius 2 is 2.33 bits per heavy atom. The Kier molecular flexibility index (Phi) is 4.74. The normalized spacial score (nSPS) is 22.5. The molecular weight excluding hydrogens is 228 g/mol. The molecule has 18 heavy (non-hydrogen) atoms. The molecule has 5 nitrogen and oxygen atoms in total. The molecule has 1 aliphatic heterocycles. The number of likely N-dealkylation sites (N-methyl/N-ethyl adjacent to an activating group) is 1. The van der Waals surface area contributed by atoms with E-state index < -0.39 is 0 Å². The van der Waals surface area contributed by atoms with Gasteiger partial charge < -0.3 is 14.7 Å². The number of nitrogens with one attached hydrogen (secondary N) is 1. The summed E-state index contributed by atoms with van der Waals surface area (Å²) in [5.74, 6) is 0.972. The Morgan fingerprint density at radius 1 is 1.50 bits per heavy atom. The van der Waals surface area contributed by atoms with Gasteiger partial charge >= 0.3 is 0 Å². The van der Waals surface area contributed by atoms with Gasteiger partial charge in [-0.1, -0.05) is 12.1 Å². The monoisotopic (exact) mass is 252 g/mol. The Labute approximate surface area is 109 Å². The number of rotatable bonds is 5. The van der Waals surface area contributed by atoms with Crippen molar-refractivity contribution in [1.29, 1.82) is 0 Å². The van der Waals surface area contributed by atoms with E-state index in [0.717, 1.165) is 50.7 Å². The van der Waals surface area contributed by atoms with Crippen LogP contribution in [-0.4, -0.2) is 54.2 Å². The highest BCUT2D eigenvalue weighted by Gasteiger charge is 2.22. The summed E-state index contributed by atoms with van der Waals surface area (Å²) in [7, 11) is 2.18. The molecule has 1 fully saturated rings. The summed E-state index contributed by atoms with van der Waals surface area (Å²) in [6.07, 6.45) is 0. The van der Waals surface area contributed by atoms with Crippen molar-refractivity contribution in [3.05, 3.63) is 17.5 Å². The second-order valence-electron chi connectivity index (χ2n) is 5.15. The minimum atomic E-state index is 0.575. The van der Waals surface area contributed by atoms with Gasteiger partial charge in [-0.3, -0.25) is 4.90 Å². The molecule has 1 aromatic heterocycles. The molecule has 0 aromatic carbocycles. The zero-order chi connectivity index (χ0) is 13.0. The number of piperazine rings is 1. The molecule has 0 amide bonds. The lowest BCUT2D eigenvalue weighted by atomic mass is 10.2. The summed E-state index contributed by atoms with van der Waals surface area (Å²) in [4.78, 5) is 4.83. The minimum absolute atomic E-state index is 0.575. The summed E-state index contributed by atoms with van der Waals surface area (Å²) >= 11 is 0. The van der Waals surface area contributed by atoms with Crippen LogP contribution in [0.2, 0.25) is 0 Å². The smallest absolute Gasteiger partial charge is 0.151 e. The van der Waals surface area contributed by atoms with Crippen molar-refractivity contribution in [2.45, 2.75) is 33.0 Å². The van der Waals surface area contributed by atoms with E-state index >= 15 is 0 Å². The average molecular weight is 252 g/mol. The fraction of sp³-hybridized carbons (Fsp3) is 0.769. The largest absolute Gasteiger partial charge is 0.360 e. The molecule has 1 aliphatic rings. The summed E-state index contributed by atoms with van der Waals surface area (Å²) in [5, 5.41) is 7.34. The SMILES string of the molecule is CCNCc1cc(CN2CCN(C)CC2C)on1. The van der Waals surface area contributed by atoms with Crippen molar-refractivity contribution < 1.29 is 4.52 Å². The third-order valence-corrected chi connectivity index (χ3v) is 3.49. The van der Waals surface area contributed by atoms with Gasteiger partial charge in [0.25, 0.3) is 0 Å². The maximum Gasteiger partial charge on any atom is 0.151 e. The van der Waals surface area contributed by atoms with Crippen LogP contribution in [-0.2, 0) is 13.1 Å². The maximum atomic E-state index is 5.39. The molecule has 102 valence electrons. The highest BCUT2D eigenvalue weighted by Crippen LogP contribution is 2.13. The van der Waals surface area contributed by atoms with Crippen LogP contribution in [0.25, 0.3) is 0 Å². The molecule has 1 N–H and O–H groups in total. The van der Waals surface area contributed by atoms with Crippen LogP contribution in [0.1, 0.15) is 25.3 Å². The van der Waals surface area contributed by atoms with Gasteiger partial charge in [-0.05, 0) is 20.5 Å². The van der Waals surface area contributed by atoms with E-state index in [1.54, 1.807) is 0 Å². The molecule has 2 rings (SSSR count). The average Bonchev–Trinajstić information content (AvgIpc) is 2.78. The van der Waals surface area contributed by atoms with Gasteiger partial charge in [-0.25, -0.2) is 0 Å². The Morgan fingerprint density at radius 3 is 3.06 bits per heavy atom. The number of aromatic nitrogens is 1. The molecule has 0 saturated carbocycles. The van der Waals surface area contributed by atoms with Gasteiger partial charge in [0.1, 0.15) is 0 Å². The Bertz CT molecular complexity index is 366. The molecule has 2 heterocycles. The van der Waals surface area contributed by atoms with Crippen molar-refractivity contribution in [2.24, 2.45) is 0 Å². The van der Waals surface area contributed by atoms with Crippen LogP contribution in [0.3, 0.4) is 0 Å². The molecule has 0 aliphatic carbocycles. The number of hydrogen-bond acceptors (Lipinski definition) is 5. The van der Waals surface area contributed by atoms with Crippen LogP contribution >= 0.6 is 0 Å². The first-order chi connectivity index (χ1) is 8.69. The van der Waals surface area contributed by atoms with Gasteiger partial charge in [-0.2, -0.15) is 0 Å². The summed E-state index contributed by atoms with van der Waals surface area (Å²) in [5.41, 5.74) is 0.994. The fourth-order valence-corrected chi connectivity index (χ4v) is 2.38. The molecule has 5 heteroatoms. The third kappa shape index (κ3) is 3.54. The fourth-order valence-electron chi connectivity index (χ4n) is 2.38. The van der Waals surface area contributed by atoms with Gasteiger partial charge in [0.2, 0.25) is 0 Å². The zero-order valence-corrected chi connectivity index (χ0v) is 11.6. The molecule has 1 atom stereocenters. The standard InChI is InChI=1S/C13H24N4O/c1-4-14-8-12-7-13(18-15-12)10-17-6-5-16(3)9-11(17)2/h7,11,14H,4-6,8-10H2,1-3H3. The Balaban J connectivity index is 1.87. The lowest BCUT2D eigenvalue weighted by molar-refractivity contribution is 0.0853. The predicted octanol–water partition coefficient (Wildman–Crippen LogP) is 0.920. The summed E-state index contributed by atoms with van der Waals surface area (Å²) in [6, 6.07) is 2.64. The second kappa shape index (κ2) is 6.31. The predicted molar refractivity (Wildman–Crippen MR) is 71.3 cm³/mol. The van der Waals surface area contributed by atoms with E-state index in [1.165, 1.54) is 0 Å². The first kappa shape index (κ1) is 13.5. The maximum absolute atomic E-state index is 5.39. The lowest BCUT2D eigenvalue weighted by Crippen LogP contribution is -2.49. The van der Waals surface area contributed by atoms with Crippen molar-refractivity contribution in [3.63, 3.8) is 0 Å². The minimum Gasteiger partial charge on any atom is -0.360 e. The van der Waals surface area contributed by atoms with E-state index in [4.69, 9.17) is 4.52 Å². The van der Waals surface area contributed by atoms with Crippen LogP contribution in [0.5, 0.6) is 0 Å². The quantitative estimate of drug-likeness (QED) is 0.844. The number of hydrogen-bond donors (Lipinski definition) is 1. The van der Waals surface area contributed by atoms with E-state index in [9.17, 15) is 0 Å². The van der Waals surface area contributed by atoms with Crippen molar-refractivity contribution in [2.75, 3.05) is 33.2 Å². The van der Waals surface area contributed by atoms with E-state index in [-0.39, 0.29) is 0 Å². The van der Waals surface area contributed by atoms with E-state index in [2.05, 4.69) is 47.2 Å². The molecular formula is C13H24N4O. The summed E-state index contributed by atoms with van der Waals surface area (Å²) < 4.78 is 5.39. The highest BCUT2D eigenvalue weighted by molar-refractivity contribution is 5.05. The summed E-state index contributed by atoms with van der Waals surface area (Å²) in [6.45, 7) is 10.3. The first-order valence-electron chi connectivity index (χ1n) is 6.76. The number of nitrogens with zero attached hydrogens (tertiary/aromatic N) is 3. The molecule has 1 saturated heterocycles. The van der Waals surface area contributed by atoms with E-state index in [1.807, 2.05) is 0 Å². The van der Waals surface area contributed by atoms with Gasteiger partial charge in [0, 0.05) is 38.3 Å². The van der Waals surface area contributed by atoms with Gasteiger partial charge in [-0.15, -0.1) is 0 Å². The van der Waals surface area contributed by atoms with Crippen molar-refractivity contribution >= 4 is 0 Å². The molecule has 0 radical (unpaired) electrons. The van der Waals surface area contributed by atoms with Gasteiger partial charge in [0.15, 0.2) is 5.76 Å². The zero-order valence-electron chi connectivity index (χ0n) is 11.6. The van der Waals surface area contributed by atoms with Crippen LogP contribution < -0.4 is 5.32 Å². The second-order valence-corrected chi connectivity index (χ2v) is 5.15. The van der Waals surface area contributed by atoms with Gasteiger partial charge in [0.05, 0.1) is 12.2 Å². The van der Waals surface area contributed by atoms with Crippen LogP contribution in [0.15, 0.2) is 10.6 Å². The highest BCUT2D eigenvalue weighted by atomic mass is 16.5. The third-order valence-electron chi connectivity index (χ3n) is 3.49. The molecule has 1 aromatic rings. The van der Waals surface area contributed by atoms with E-state index in [0.29, 0.717) is 6.04 Å². The molecule has 0 bridgehead atoms. The Hall–Kier alpha value is -0.910. The first-order valence-corrected chi connectivity index (χ1v) is 6.76. The molecule has 0 spiro atoms. The van der Waals surface area contributed by atoms with Crippen LogP contribution in [0, 0.1) is 0 Å². The molecule has 1 unspecified atom stereocenters. The van der Waals surface area contributed by atoms with Crippen molar-refractivity contribution in [3.8, 4) is 0 Å². The van der Waals surface area contributed by atoms with Crippen molar-refractivity contribution in [1.82, 2.24) is 20.3 Å². The lowest BCUT2D eigenvalue weighted by Gasteiger charge is -2.37. The topological polar surface area (TPSA) is 44.5 Å².